The van der Waals surface area contributed by atoms with E-state index in [1.54, 1.807) is 0 Å². The van der Waals surface area contributed by atoms with Gasteiger partial charge < -0.3 is 14.7 Å². The van der Waals surface area contributed by atoms with Crippen LogP contribution in [-0.2, 0) is 10.3 Å². The summed E-state index contributed by atoms with van der Waals surface area (Å²) in [6.45, 7) is 8.50. The van der Waals surface area contributed by atoms with Gasteiger partial charge in [-0.05, 0) is 69.0 Å². The lowest BCUT2D eigenvalue weighted by Gasteiger charge is -2.50. The molecule has 1 atom stereocenters. The SMILES string of the molecule is CC1(C)CC2(CCCN(CCC(O)(c3ccccc3)c3ccccc3)C2)CCO1. The molecule has 2 heterocycles. The molecule has 0 amide bonds. The third-order valence-electron chi connectivity index (χ3n) is 6.96. The lowest BCUT2D eigenvalue weighted by molar-refractivity contribution is -0.123. The largest absolute Gasteiger partial charge is 0.380 e. The Labute approximate surface area is 175 Å². The van der Waals surface area contributed by atoms with Crippen LogP contribution in [0.15, 0.2) is 60.7 Å². The highest BCUT2D eigenvalue weighted by atomic mass is 16.5. The Bertz CT molecular complexity index is 745. The molecule has 1 spiro atoms. The normalized spacial score (nSPS) is 25.2. The predicted octanol–water partition coefficient (Wildman–Crippen LogP) is 4.98. The number of aliphatic hydroxyl groups is 1. The second-order valence-corrected chi connectivity index (χ2v) is 9.76. The van der Waals surface area contributed by atoms with Crippen LogP contribution in [0.2, 0.25) is 0 Å². The van der Waals surface area contributed by atoms with Gasteiger partial charge in [0.2, 0.25) is 0 Å². The van der Waals surface area contributed by atoms with E-state index in [0.717, 1.165) is 50.2 Å². The second kappa shape index (κ2) is 8.22. The maximum absolute atomic E-state index is 11.8. The molecule has 2 aliphatic heterocycles. The van der Waals surface area contributed by atoms with Gasteiger partial charge in [0.05, 0.1) is 5.60 Å². The molecule has 156 valence electrons. The fraction of sp³-hybridized carbons (Fsp3) is 0.538. The van der Waals surface area contributed by atoms with Gasteiger partial charge in [-0.15, -0.1) is 0 Å². The Hall–Kier alpha value is -1.68. The highest BCUT2D eigenvalue weighted by Crippen LogP contribution is 2.45. The van der Waals surface area contributed by atoms with Crippen molar-refractivity contribution in [2.45, 2.75) is 57.2 Å². The van der Waals surface area contributed by atoms with Gasteiger partial charge in [0.15, 0.2) is 0 Å². The van der Waals surface area contributed by atoms with E-state index in [1.807, 2.05) is 60.7 Å². The van der Waals surface area contributed by atoms with Gasteiger partial charge in [-0.1, -0.05) is 60.7 Å². The minimum absolute atomic E-state index is 0.0178. The summed E-state index contributed by atoms with van der Waals surface area (Å²) >= 11 is 0. The average molecular weight is 394 g/mol. The third kappa shape index (κ3) is 4.58. The third-order valence-corrected chi connectivity index (χ3v) is 6.96. The maximum Gasteiger partial charge on any atom is 0.116 e. The van der Waals surface area contributed by atoms with Gasteiger partial charge in [0.25, 0.3) is 0 Å². The molecule has 3 heteroatoms. The number of benzene rings is 2. The molecule has 2 saturated heterocycles. The molecule has 0 radical (unpaired) electrons. The summed E-state index contributed by atoms with van der Waals surface area (Å²) in [4.78, 5) is 2.59. The molecule has 0 bridgehead atoms. The summed E-state index contributed by atoms with van der Waals surface area (Å²) in [5.41, 5.74) is 1.35. The summed E-state index contributed by atoms with van der Waals surface area (Å²) in [6.07, 6.45) is 5.55. The Morgan fingerprint density at radius 2 is 1.59 bits per heavy atom. The average Bonchev–Trinajstić information content (AvgIpc) is 2.72. The number of hydrogen-bond donors (Lipinski definition) is 1. The van der Waals surface area contributed by atoms with E-state index in [4.69, 9.17) is 4.74 Å². The molecular formula is C26H35NO2. The fourth-order valence-corrected chi connectivity index (χ4v) is 5.64. The first-order valence-corrected chi connectivity index (χ1v) is 11.1. The quantitative estimate of drug-likeness (QED) is 0.777. The van der Waals surface area contributed by atoms with E-state index < -0.39 is 5.60 Å². The zero-order chi connectivity index (χ0) is 20.4. The van der Waals surface area contributed by atoms with Gasteiger partial charge in [0, 0.05) is 19.7 Å². The Morgan fingerprint density at radius 1 is 0.966 bits per heavy atom. The Kier molecular flexibility index (Phi) is 5.83. The van der Waals surface area contributed by atoms with Crippen molar-refractivity contribution in [1.82, 2.24) is 4.90 Å². The van der Waals surface area contributed by atoms with Gasteiger partial charge in [-0.3, -0.25) is 0 Å². The molecule has 2 aliphatic rings. The van der Waals surface area contributed by atoms with E-state index in [-0.39, 0.29) is 5.60 Å². The lowest BCUT2D eigenvalue weighted by atomic mass is 9.69. The van der Waals surface area contributed by atoms with Crippen LogP contribution in [0.5, 0.6) is 0 Å². The lowest BCUT2D eigenvalue weighted by Crippen LogP contribution is -2.51. The standard InChI is InChI=1S/C26H35NO2/c1-24(2)20-25(16-19-29-24)14-9-17-27(21-25)18-15-26(28,22-10-5-3-6-11-22)23-12-7-4-8-13-23/h3-8,10-13,28H,9,14-21H2,1-2H3. The highest BCUT2D eigenvalue weighted by Gasteiger charge is 2.43. The predicted molar refractivity (Wildman–Crippen MR) is 118 cm³/mol. The van der Waals surface area contributed by atoms with Gasteiger partial charge in [-0.2, -0.15) is 0 Å². The molecular weight excluding hydrogens is 358 g/mol. The molecule has 2 aromatic rings. The van der Waals surface area contributed by atoms with Crippen molar-refractivity contribution >= 4 is 0 Å². The monoisotopic (exact) mass is 393 g/mol. The van der Waals surface area contributed by atoms with Crippen LogP contribution in [0.25, 0.3) is 0 Å². The van der Waals surface area contributed by atoms with Crippen LogP contribution in [-0.4, -0.2) is 41.8 Å². The van der Waals surface area contributed by atoms with E-state index in [2.05, 4.69) is 18.7 Å². The number of likely N-dealkylation sites (tertiary alicyclic amines) is 1. The molecule has 1 N–H and O–H groups in total. The summed E-state index contributed by atoms with van der Waals surface area (Å²) in [5.74, 6) is 0. The van der Waals surface area contributed by atoms with E-state index in [0.29, 0.717) is 11.8 Å². The first-order valence-electron chi connectivity index (χ1n) is 11.1. The summed E-state index contributed by atoms with van der Waals surface area (Å²) in [5, 5.41) is 11.8. The van der Waals surface area contributed by atoms with Gasteiger partial charge in [0.1, 0.15) is 5.60 Å². The van der Waals surface area contributed by atoms with Crippen molar-refractivity contribution in [1.29, 1.82) is 0 Å². The molecule has 2 aromatic carbocycles. The number of piperidine rings is 1. The number of hydrogen-bond acceptors (Lipinski definition) is 3. The van der Waals surface area contributed by atoms with Gasteiger partial charge >= 0.3 is 0 Å². The molecule has 0 aromatic heterocycles. The van der Waals surface area contributed by atoms with Crippen molar-refractivity contribution < 1.29 is 9.84 Å². The zero-order valence-electron chi connectivity index (χ0n) is 17.9. The summed E-state index contributed by atoms with van der Waals surface area (Å²) in [6, 6.07) is 20.3. The minimum Gasteiger partial charge on any atom is -0.380 e. The Morgan fingerprint density at radius 3 is 2.17 bits per heavy atom. The molecule has 29 heavy (non-hydrogen) atoms. The minimum atomic E-state index is -0.956. The van der Waals surface area contributed by atoms with Crippen LogP contribution in [0.3, 0.4) is 0 Å². The summed E-state index contributed by atoms with van der Waals surface area (Å²) < 4.78 is 6.00. The van der Waals surface area contributed by atoms with Crippen LogP contribution >= 0.6 is 0 Å². The summed E-state index contributed by atoms with van der Waals surface area (Å²) in [7, 11) is 0. The van der Waals surface area contributed by atoms with Crippen molar-refractivity contribution in [3.05, 3.63) is 71.8 Å². The van der Waals surface area contributed by atoms with E-state index >= 15 is 0 Å². The number of nitrogens with zero attached hydrogens (tertiary/aromatic N) is 1. The molecule has 4 rings (SSSR count). The molecule has 1 unspecified atom stereocenters. The van der Waals surface area contributed by atoms with Crippen LogP contribution in [0.4, 0.5) is 0 Å². The first kappa shape index (κ1) is 20.6. The van der Waals surface area contributed by atoms with Crippen LogP contribution in [0, 0.1) is 5.41 Å². The molecule has 2 fully saturated rings. The van der Waals surface area contributed by atoms with E-state index in [9.17, 15) is 5.11 Å². The molecule has 3 nitrogen and oxygen atoms in total. The van der Waals surface area contributed by atoms with Crippen LogP contribution < -0.4 is 0 Å². The smallest absolute Gasteiger partial charge is 0.116 e. The first-order chi connectivity index (χ1) is 13.9. The number of rotatable bonds is 5. The topological polar surface area (TPSA) is 32.7 Å². The molecule has 0 saturated carbocycles. The maximum atomic E-state index is 11.8. The van der Waals surface area contributed by atoms with Crippen LogP contribution in [0.1, 0.15) is 57.1 Å². The van der Waals surface area contributed by atoms with Crippen molar-refractivity contribution in [2.24, 2.45) is 5.41 Å². The van der Waals surface area contributed by atoms with Crippen molar-refractivity contribution in [2.75, 3.05) is 26.2 Å². The zero-order valence-corrected chi connectivity index (χ0v) is 17.9. The highest BCUT2D eigenvalue weighted by molar-refractivity contribution is 5.35. The number of ether oxygens (including phenoxy) is 1. The fourth-order valence-electron chi connectivity index (χ4n) is 5.64. The van der Waals surface area contributed by atoms with Crippen molar-refractivity contribution in [3.63, 3.8) is 0 Å². The van der Waals surface area contributed by atoms with Gasteiger partial charge in [-0.25, -0.2) is 0 Å². The Balaban J connectivity index is 1.51. The van der Waals surface area contributed by atoms with E-state index in [1.165, 1.54) is 12.8 Å². The van der Waals surface area contributed by atoms with Crippen molar-refractivity contribution in [3.8, 4) is 0 Å². The second-order valence-electron chi connectivity index (χ2n) is 9.76. The molecule has 0 aliphatic carbocycles.